The first-order valence-corrected chi connectivity index (χ1v) is 6.47. The van der Waals surface area contributed by atoms with Crippen LogP contribution in [0.5, 0.6) is 0 Å². The second-order valence-electron chi connectivity index (χ2n) is 4.09. The zero-order valence-corrected chi connectivity index (χ0v) is 11.2. The summed E-state index contributed by atoms with van der Waals surface area (Å²) in [7, 11) is 0. The monoisotopic (exact) mass is 288 g/mol. The molecule has 2 rings (SSSR count). The highest BCUT2D eigenvalue weighted by Gasteiger charge is 2.16. The maximum Gasteiger partial charge on any atom is 0.238 e. The maximum atomic E-state index is 11.7. The highest BCUT2D eigenvalue weighted by atomic mass is 35.5. The minimum Gasteiger partial charge on any atom is -0.380 e. The van der Waals surface area contributed by atoms with Gasteiger partial charge in [0, 0.05) is 12.6 Å². The molecule has 1 fully saturated rings. The molecule has 4 nitrogen and oxygen atoms in total. The van der Waals surface area contributed by atoms with Crippen LogP contribution in [0.15, 0.2) is 18.2 Å². The van der Waals surface area contributed by atoms with Crippen LogP contribution in [0.3, 0.4) is 0 Å². The molecular weight excluding hydrogens is 275 g/mol. The fourth-order valence-corrected chi connectivity index (χ4v) is 2.23. The van der Waals surface area contributed by atoms with E-state index in [0.717, 1.165) is 13.0 Å². The molecule has 1 aliphatic heterocycles. The molecule has 0 bridgehead atoms. The molecule has 1 heterocycles. The normalized spacial score (nSPS) is 18.9. The number of para-hydroxylation sites is 1. The Bertz CT molecular complexity index is 414. The lowest BCUT2D eigenvalue weighted by molar-refractivity contribution is -0.115. The van der Waals surface area contributed by atoms with E-state index < -0.39 is 0 Å². The fourth-order valence-electron chi connectivity index (χ4n) is 1.73. The molecule has 1 atom stereocenters. The van der Waals surface area contributed by atoms with Crippen molar-refractivity contribution >= 4 is 34.8 Å². The van der Waals surface area contributed by atoms with Gasteiger partial charge < -0.3 is 15.4 Å². The molecule has 0 spiro atoms. The molecule has 1 saturated heterocycles. The van der Waals surface area contributed by atoms with E-state index in [0.29, 0.717) is 22.3 Å². The number of carbonyl (C=O) groups excluding carboxylic acids is 1. The van der Waals surface area contributed by atoms with Gasteiger partial charge in [-0.3, -0.25) is 4.79 Å². The summed E-state index contributed by atoms with van der Waals surface area (Å²) in [6, 6.07) is 5.34. The van der Waals surface area contributed by atoms with Gasteiger partial charge >= 0.3 is 0 Å². The van der Waals surface area contributed by atoms with Gasteiger partial charge in [-0.15, -0.1) is 0 Å². The molecule has 0 saturated carbocycles. The van der Waals surface area contributed by atoms with Gasteiger partial charge in [0.1, 0.15) is 0 Å². The van der Waals surface area contributed by atoms with E-state index in [9.17, 15) is 4.79 Å². The number of anilines is 1. The van der Waals surface area contributed by atoms with Crippen LogP contribution in [0.1, 0.15) is 6.42 Å². The minimum absolute atomic E-state index is 0.170. The number of amides is 1. The molecule has 0 radical (unpaired) electrons. The van der Waals surface area contributed by atoms with E-state index in [2.05, 4.69) is 10.6 Å². The molecule has 1 aliphatic rings. The standard InChI is InChI=1S/C12H14Cl2N2O2/c13-9-2-1-3-10(14)12(9)16-11(17)6-15-8-4-5-18-7-8/h1-3,8,15H,4-7H2,(H,16,17). The summed E-state index contributed by atoms with van der Waals surface area (Å²) in [4.78, 5) is 11.7. The molecule has 1 aromatic rings. The van der Waals surface area contributed by atoms with Crippen molar-refractivity contribution in [1.29, 1.82) is 0 Å². The molecule has 18 heavy (non-hydrogen) atoms. The van der Waals surface area contributed by atoms with Gasteiger partial charge in [-0.25, -0.2) is 0 Å². The maximum absolute atomic E-state index is 11.7. The van der Waals surface area contributed by atoms with Crippen LogP contribution in [-0.2, 0) is 9.53 Å². The van der Waals surface area contributed by atoms with E-state index in [1.807, 2.05) is 0 Å². The van der Waals surface area contributed by atoms with Crippen molar-refractivity contribution in [2.24, 2.45) is 0 Å². The first kappa shape index (κ1) is 13.6. The molecule has 1 aromatic carbocycles. The van der Waals surface area contributed by atoms with Gasteiger partial charge in [0.25, 0.3) is 0 Å². The molecule has 6 heteroatoms. The Morgan fingerprint density at radius 3 is 2.72 bits per heavy atom. The Labute approximate surface area is 116 Å². The second kappa shape index (κ2) is 6.38. The first-order valence-electron chi connectivity index (χ1n) is 5.72. The van der Waals surface area contributed by atoms with Crippen molar-refractivity contribution < 1.29 is 9.53 Å². The molecular formula is C12H14Cl2N2O2. The van der Waals surface area contributed by atoms with Crippen LogP contribution in [0, 0.1) is 0 Å². The number of hydrogen-bond donors (Lipinski definition) is 2. The lowest BCUT2D eigenvalue weighted by Crippen LogP contribution is -2.36. The van der Waals surface area contributed by atoms with E-state index >= 15 is 0 Å². The first-order chi connectivity index (χ1) is 8.66. The van der Waals surface area contributed by atoms with Crippen molar-refractivity contribution in [3.05, 3.63) is 28.2 Å². The van der Waals surface area contributed by atoms with E-state index in [-0.39, 0.29) is 18.5 Å². The van der Waals surface area contributed by atoms with Gasteiger partial charge in [-0.1, -0.05) is 29.3 Å². The number of nitrogens with one attached hydrogen (secondary N) is 2. The number of benzene rings is 1. The number of halogens is 2. The summed E-state index contributed by atoms with van der Waals surface area (Å²) < 4.78 is 5.21. The van der Waals surface area contributed by atoms with Crippen molar-refractivity contribution in [3.63, 3.8) is 0 Å². The quantitative estimate of drug-likeness (QED) is 0.894. The number of hydrogen-bond acceptors (Lipinski definition) is 3. The number of carbonyl (C=O) groups is 1. The second-order valence-corrected chi connectivity index (χ2v) is 4.90. The van der Waals surface area contributed by atoms with Gasteiger partial charge in [0.2, 0.25) is 5.91 Å². The smallest absolute Gasteiger partial charge is 0.238 e. The third-order valence-corrected chi connectivity index (χ3v) is 3.34. The third-order valence-electron chi connectivity index (χ3n) is 2.71. The van der Waals surface area contributed by atoms with Crippen LogP contribution in [0.25, 0.3) is 0 Å². The van der Waals surface area contributed by atoms with E-state index in [1.54, 1.807) is 18.2 Å². The molecule has 1 amide bonds. The van der Waals surface area contributed by atoms with Gasteiger partial charge in [0.05, 0.1) is 28.9 Å². The predicted octanol–water partition coefficient (Wildman–Crippen LogP) is 2.31. The molecule has 2 N–H and O–H groups in total. The van der Waals surface area contributed by atoms with Gasteiger partial charge in [-0.2, -0.15) is 0 Å². The Morgan fingerprint density at radius 1 is 1.39 bits per heavy atom. The van der Waals surface area contributed by atoms with Crippen LogP contribution in [0.4, 0.5) is 5.69 Å². The average molecular weight is 289 g/mol. The van der Waals surface area contributed by atoms with Crippen molar-refractivity contribution in [2.45, 2.75) is 12.5 Å². The lowest BCUT2D eigenvalue weighted by atomic mass is 10.2. The van der Waals surface area contributed by atoms with Crippen LogP contribution < -0.4 is 10.6 Å². The molecule has 0 aliphatic carbocycles. The third kappa shape index (κ3) is 3.59. The number of rotatable bonds is 4. The Hall–Kier alpha value is -0.810. The highest BCUT2D eigenvalue weighted by molar-refractivity contribution is 6.39. The van der Waals surface area contributed by atoms with Crippen molar-refractivity contribution in [1.82, 2.24) is 5.32 Å². The molecule has 0 aromatic heterocycles. The molecule has 98 valence electrons. The summed E-state index contributed by atoms with van der Waals surface area (Å²) in [5.74, 6) is -0.170. The predicted molar refractivity (Wildman–Crippen MR) is 72.3 cm³/mol. The summed E-state index contributed by atoms with van der Waals surface area (Å²) in [5.41, 5.74) is 0.454. The summed E-state index contributed by atoms with van der Waals surface area (Å²) in [6.07, 6.45) is 0.931. The van der Waals surface area contributed by atoms with E-state index in [1.165, 1.54) is 0 Å². The Kier molecular flexibility index (Phi) is 4.83. The van der Waals surface area contributed by atoms with Crippen LogP contribution in [0.2, 0.25) is 10.0 Å². The SMILES string of the molecule is O=C(CNC1CCOC1)Nc1c(Cl)cccc1Cl. The highest BCUT2D eigenvalue weighted by Crippen LogP contribution is 2.29. The lowest BCUT2D eigenvalue weighted by Gasteiger charge is -2.12. The zero-order chi connectivity index (χ0) is 13.0. The summed E-state index contributed by atoms with van der Waals surface area (Å²) >= 11 is 11.9. The summed E-state index contributed by atoms with van der Waals surface area (Å²) in [6.45, 7) is 1.62. The number of ether oxygens (including phenoxy) is 1. The molecule has 1 unspecified atom stereocenters. The minimum atomic E-state index is -0.170. The zero-order valence-electron chi connectivity index (χ0n) is 9.71. The Morgan fingerprint density at radius 2 is 2.11 bits per heavy atom. The topological polar surface area (TPSA) is 50.4 Å². The van der Waals surface area contributed by atoms with Crippen LogP contribution in [-0.4, -0.2) is 31.7 Å². The van der Waals surface area contributed by atoms with Crippen molar-refractivity contribution in [2.75, 3.05) is 25.1 Å². The van der Waals surface area contributed by atoms with Crippen LogP contribution >= 0.6 is 23.2 Å². The average Bonchev–Trinajstić information content (AvgIpc) is 2.84. The largest absolute Gasteiger partial charge is 0.380 e. The fraction of sp³-hybridized carbons (Fsp3) is 0.417. The van der Waals surface area contributed by atoms with Gasteiger partial charge in [-0.05, 0) is 18.6 Å². The van der Waals surface area contributed by atoms with Crippen molar-refractivity contribution in [3.8, 4) is 0 Å². The van der Waals surface area contributed by atoms with E-state index in [4.69, 9.17) is 27.9 Å². The summed E-state index contributed by atoms with van der Waals surface area (Å²) in [5, 5.41) is 6.67. The van der Waals surface area contributed by atoms with Gasteiger partial charge in [0.15, 0.2) is 0 Å². The Balaban J connectivity index is 1.86.